The number of rotatable bonds is 5. The van der Waals surface area contributed by atoms with Crippen LogP contribution in [0.3, 0.4) is 0 Å². The van der Waals surface area contributed by atoms with Gasteiger partial charge in [0.1, 0.15) is 5.82 Å². The average Bonchev–Trinajstić information content (AvgIpc) is 2.45. The lowest BCUT2D eigenvalue weighted by molar-refractivity contribution is 0.625. The summed E-state index contributed by atoms with van der Waals surface area (Å²) in [7, 11) is 0. The molecule has 20 heavy (non-hydrogen) atoms. The Labute approximate surface area is 124 Å². The molecule has 0 atom stereocenters. The fourth-order valence-electron chi connectivity index (χ4n) is 2.23. The first-order chi connectivity index (χ1) is 9.67. The summed E-state index contributed by atoms with van der Waals surface area (Å²) in [6.07, 6.45) is 0.741. The van der Waals surface area contributed by atoms with E-state index in [9.17, 15) is 4.39 Å². The number of hydrogen-bond acceptors (Lipinski definition) is 2. The van der Waals surface area contributed by atoms with E-state index < -0.39 is 0 Å². The van der Waals surface area contributed by atoms with E-state index in [0.29, 0.717) is 23.8 Å². The molecule has 4 heteroatoms. The summed E-state index contributed by atoms with van der Waals surface area (Å²) in [4.78, 5) is 1.90. The monoisotopic (exact) mass is 292 g/mol. The molecule has 0 amide bonds. The van der Waals surface area contributed by atoms with E-state index in [1.54, 1.807) is 12.1 Å². The van der Waals surface area contributed by atoms with E-state index in [4.69, 9.17) is 17.3 Å². The van der Waals surface area contributed by atoms with Crippen molar-refractivity contribution in [3.63, 3.8) is 0 Å². The molecule has 0 heterocycles. The molecule has 106 valence electrons. The maximum Gasteiger partial charge on any atom is 0.146 e. The summed E-state index contributed by atoms with van der Waals surface area (Å²) in [5.41, 5.74) is 7.99. The molecular formula is C16H18ClFN2. The highest BCUT2D eigenvalue weighted by molar-refractivity contribution is 6.31. The number of anilines is 2. The highest BCUT2D eigenvalue weighted by atomic mass is 35.5. The van der Waals surface area contributed by atoms with Gasteiger partial charge in [0, 0.05) is 17.3 Å². The van der Waals surface area contributed by atoms with Gasteiger partial charge < -0.3 is 10.6 Å². The summed E-state index contributed by atoms with van der Waals surface area (Å²) in [5, 5.41) is 0.669. The van der Waals surface area contributed by atoms with Crippen LogP contribution in [0.5, 0.6) is 0 Å². The third-order valence-electron chi connectivity index (χ3n) is 3.22. The minimum Gasteiger partial charge on any atom is -0.339 e. The highest BCUT2D eigenvalue weighted by Gasteiger charge is 2.12. The minimum absolute atomic E-state index is 0.239. The molecule has 2 nitrogen and oxygen atoms in total. The molecule has 0 unspecified atom stereocenters. The fraction of sp³-hybridized carbons (Fsp3) is 0.250. The normalized spacial score (nSPS) is 10.6. The lowest BCUT2D eigenvalue weighted by atomic mass is 10.1. The summed E-state index contributed by atoms with van der Waals surface area (Å²) >= 11 is 6.26. The maximum absolute atomic E-state index is 13.9. The van der Waals surface area contributed by atoms with Crippen LogP contribution in [0.15, 0.2) is 42.5 Å². The minimum atomic E-state index is -0.239. The lowest BCUT2D eigenvalue weighted by Gasteiger charge is -2.24. The quantitative estimate of drug-likeness (QED) is 0.897. The van der Waals surface area contributed by atoms with Gasteiger partial charge in [-0.1, -0.05) is 29.8 Å². The van der Waals surface area contributed by atoms with Crippen LogP contribution in [0.1, 0.15) is 12.5 Å². The standard InChI is InChI=1S/C16H18ClFN2/c1-2-20(16-6-4-3-5-15(16)18)13-8-7-12(9-10-19)14(17)11-13/h3-8,11H,2,9-10,19H2,1H3. The summed E-state index contributed by atoms with van der Waals surface area (Å²) in [5.74, 6) is -0.239. The van der Waals surface area contributed by atoms with Crippen molar-refractivity contribution < 1.29 is 4.39 Å². The number of nitrogens with two attached hydrogens (primary N) is 1. The molecule has 0 radical (unpaired) electrons. The Kier molecular flexibility index (Phi) is 4.99. The molecule has 0 bridgehead atoms. The maximum atomic E-state index is 13.9. The lowest BCUT2D eigenvalue weighted by Crippen LogP contribution is -2.17. The first-order valence-electron chi connectivity index (χ1n) is 6.68. The Morgan fingerprint density at radius 3 is 2.55 bits per heavy atom. The van der Waals surface area contributed by atoms with Crippen LogP contribution in [0.4, 0.5) is 15.8 Å². The topological polar surface area (TPSA) is 29.3 Å². The Morgan fingerprint density at radius 1 is 1.20 bits per heavy atom. The van der Waals surface area contributed by atoms with E-state index in [2.05, 4.69) is 0 Å². The van der Waals surface area contributed by atoms with Crippen LogP contribution in [0, 0.1) is 5.82 Å². The van der Waals surface area contributed by atoms with Crippen molar-refractivity contribution in [2.45, 2.75) is 13.3 Å². The van der Waals surface area contributed by atoms with Crippen molar-refractivity contribution >= 4 is 23.0 Å². The fourth-order valence-corrected chi connectivity index (χ4v) is 2.49. The van der Waals surface area contributed by atoms with E-state index in [1.807, 2.05) is 36.1 Å². The largest absolute Gasteiger partial charge is 0.339 e. The van der Waals surface area contributed by atoms with Gasteiger partial charge in [0.2, 0.25) is 0 Å². The van der Waals surface area contributed by atoms with E-state index in [0.717, 1.165) is 17.7 Å². The molecular weight excluding hydrogens is 275 g/mol. The third kappa shape index (κ3) is 3.11. The molecule has 2 rings (SSSR count). The number of para-hydroxylation sites is 1. The Balaban J connectivity index is 2.38. The number of hydrogen-bond donors (Lipinski definition) is 1. The van der Waals surface area contributed by atoms with Crippen molar-refractivity contribution in [1.29, 1.82) is 0 Å². The van der Waals surface area contributed by atoms with Crippen LogP contribution in [-0.2, 0) is 6.42 Å². The predicted octanol–water partition coefficient (Wildman–Crippen LogP) is 4.14. The summed E-state index contributed by atoms with van der Waals surface area (Å²) in [6, 6.07) is 12.5. The van der Waals surface area contributed by atoms with E-state index in [-0.39, 0.29) is 5.82 Å². The predicted molar refractivity (Wildman–Crippen MR) is 83.3 cm³/mol. The van der Waals surface area contributed by atoms with Gasteiger partial charge >= 0.3 is 0 Å². The molecule has 2 N–H and O–H groups in total. The Hall–Kier alpha value is -1.58. The van der Waals surface area contributed by atoms with Gasteiger partial charge in [-0.2, -0.15) is 0 Å². The van der Waals surface area contributed by atoms with Gasteiger partial charge in [-0.15, -0.1) is 0 Å². The first-order valence-corrected chi connectivity index (χ1v) is 7.05. The molecule has 2 aromatic rings. The molecule has 0 aliphatic heterocycles. The van der Waals surface area contributed by atoms with Crippen molar-refractivity contribution in [3.8, 4) is 0 Å². The molecule has 0 spiro atoms. The molecule has 0 aromatic heterocycles. The molecule has 0 aliphatic carbocycles. The first kappa shape index (κ1) is 14.8. The molecule has 0 aliphatic rings. The molecule has 0 saturated heterocycles. The Morgan fingerprint density at radius 2 is 1.95 bits per heavy atom. The van der Waals surface area contributed by atoms with Gasteiger partial charge in [-0.25, -0.2) is 4.39 Å². The molecule has 2 aromatic carbocycles. The number of nitrogens with zero attached hydrogens (tertiary/aromatic N) is 1. The Bertz CT molecular complexity index is 586. The van der Waals surface area contributed by atoms with Crippen molar-refractivity contribution in [3.05, 3.63) is 58.9 Å². The second-order valence-corrected chi connectivity index (χ2v) is 4.92. The molecule has 0 saturated carbocycles. The highest BCUT2D eigenvalue weighted by Crippen LogP contribution is 2.30. The third-order valence-corrected chi connectivity index (χ3v) is 3.57. The van der Waals surface area contributed by atoms with Gasteiger partial charge in [-0.3, -0.25) is 0 Å². The number of halogens is 2. The van der Waals surface area contributed by atoms with Crippen LogP contribution >= 0.6 is 11.6 Å². The number of benzene rings is 2. The van der Waals surface area contributed by atoms with E-state index in [1.165, 1.54) is 6.07 Å². The molecule has 0 fully saturated rings. The second kappa shape index (κ2) is 6.73. The summed E-state index contributed by atoms with van der Waals surface area (Å²) < 4.78 is 13.9. The summed E-state index contributed by atoms with van der Waals surface area (Å²) in [6.45, 7) is 3.20. The zero-order valence-corrected chi connectivity index (χ0v) is 12.2. The second-order valence-electron chi connectivity index (χ2n) is 4.51. The van der Waals surface area contributed by atoms with Crippen LogP contribution in [0.2, 0.25) is 5.02 Å². The van der Waals surface area contributed by atoms with Crippen molar-refractivity contribution in [1.82, 2.24) is 0 Å². The van der Waals surface area contributed by atoms with Gasteiger partial charge in [0.15, 0.2) is 0 Å². The van der Waals surface area contributed by atoms with Gasteiger partial charge in [-0.05, 0) is 49.7 Å². The van der Waals surface area contributed by atoms with Crippen LogP contribution in [-0.4, -0.2) is 13.1 Å². The van der Waals surface area contributed by atoms with Gasteiger partial charge in [0.25, 0.3) is 0 Å². The van der Waals surface area contributed by atoms with Crippen LogP contribution < -0.4 is 10.6 Å². The SMILES string of the molecule is CCN(c1ccc(CCN)c(Cl)c1)c1ccccc1F. The zero-order valence-electron chi connectivity index (χ0n) is 11.4. The van der Waals surface area contributed by atoms with Crippen molar-refractivity contribution in [2.75, 3.05) is 18.0 Å². The average molecular weight is 293 g/mol. The van der Waals surface area contributed by atoms with Crippen LogP contribution in [0.25, 0.3) is 0 Å². The van der Waals surface area contributed by atoms with Gasteiger partial charge in [0.05, 0.1) is 5.69 Å². The zero-order chi connectivity index (χ0) is 14.5. The smallest absolute Gasteiger partial charge is 0.146 e. The van der Waals surface area contributed by atoms with E-state index >= 15 is 0 Å². The van der Waals surface area contributed by atoms with Crippen molar-refractivity contribution in [2.24, 2.45) is 5.73 Å².